The summed E-state index contributed by atoms with van der Waals surface area (Å²) in [6.45, 7) is 2.75. The van der Waals surface area contributed by atoms with Crippen molar-refractivity contribution in [3.8, 4) is 11.3 Å². The molecule has 1 aliphatic rings. The predicted molar refractivity (Wildman–Crippen MR) is 103 cm³/mol. The van der Waals surface area contributed by atoms with Gasteiger partial charge in [-0.3, -0.25) is 4.79 Å². The Labute approximate surface area is 169 Å². The molecule has 0 spiro atoms. The van der Waals surface area contributed by atoms with E-state index in [1.807, 2.05) is 0 Å². The number of carbonyl (C=O) groups is 1. The molecule has 1 aliphatic heterocycles. The Morgan fingerprint density at radius 3 is 2.85 bits per heavy atom. The molecule has 2 aromatic rings. The second-order valence-corrected chi connectivity index (χ2v) is 6.24. The van der Waals surface area contributed by atoms with Crippen LogP contribution in [-0.2, 0) is 11.2 Å². The van der Waals surface area contributed by atoms with Crippen molar-refractivity contribution in [2.45, 2.75) is 25.7 Å². The zero-order valence-corrected chi connectivity index (χ0v) is 16.3. The molecule has 1 aromatic heterocycles. The zero-order chi connectivity index (χ0) is 17.6. The van der Waals surface area contributed by atoms with Gasteiger partial charge in [0.15, 0.2) is 11.7 Å². The fourth-order valence-electron chi connectivity index (χ4n) is 2.93. The average Bonchev–Trinajstić information content (AvgIpc) is 3.25. The summed E-state index contributed by atoms with van der Waals surface area (Å²) < 4.78 is 32.1. The topological polar surface area (TPSA) is 67.2 Å². The fraction of sp³-hybridized carbons (Fsp3) is 0.444. The van der Waals surface area contributed by atoms with Crippen molar-refractivity contribution in [2.75, 3.05) is 19.6 Å². The van der Waals surface area contributed by atoms with E-state index in [2.05, 4.69) is 15.6 Å². The van der Waals surface area contributed by atoms with E-state index in [-0.39, 0.29) is 48.5 Å². The van der Waals surface area contributed by atoms with Crippen molar-refractivity contribution in [2.24, 2.45) is 5.92 Å². The van der Waals surface area contributed by atoms with Gasteiger partial charge in [-0.1, -0.05) is 0 Å². The normalized spacial score (nSPS) is 15.7. The van der Waals surface area contributed by atoms with E-state index < -0.39 is 11.6 Å². The minimum absolute atomic E-state index is 0. The van der Waals surface area contributed by atoms with E-state index in [9.17, 15) is 13.6 Å². The molecule has 0 saturated carbocycles. The van der Waals surface area contributed by atoms with Gasteiger partial charge in [0.25, 0.3) is 0 Å². The highest BCUT2D eigenvalue weighted by Gasteiger charge is 2.15. The van der Waals surface area contributed by atoms with Crippen molar-refractivity contribution < 1.29 is 18.0 Å². The molecule has 5 nitrogen and oxygen atoms in total. The monoisotopic (exact) mass is 421 g/mol. The summed E-state index contributed by atoms with van der Waals surface area (Å²) in [7, 11) is 0. The Morgan fingerprint density at radius 2 is 2.15 bits per heavy atom. The fourth-order valence-corrected chi connectivity index (χ4v) is 2.93. The summed E-state index contributed by atoms with van der Waals surface area (Å²) in [5.74, 6) is -0.192. The third-order valence-corrected chi connectivity index (χ3v) is 4.35. The molecule has 1 aromatic carbocycles. The maximum atomic E-state index is 13.7. The van der Waals surface area contributed by atoms with Gasteiger partial charge in [-0.15, -0.1) is 24.8 Å². The van der Waals surface area contributed by atoms with Crippen molar-refractivity contribution in [1.29, 1.82) is 0 Å². The van der Waals surface area contributed by atoms with Crippen LogP contribution < -0.4 is 10.6 Å². The van der Waals surface area contributed by atoms with Crippen LogP contribution in [0.25, 0.3) is 11.3 Å². The predicted octanol–water partition coefficient (Wildman–Crippen LogP) is 3.51. The number of halogens is 4. The molecule has 0 aliphatic carbocycles. The van der Waals surface area contributed by atoms with Crippen LogP contribution in [0.4, 0.5) is 8.78 Å². The van der Waals surface area contributed by atoms with Crippen LogP contribution in [-0.4, -0.2) is 30.5 Å². The molecular formula is C18H23Cl2F2N3O2. The summed E-state index contributed by atoms with van der Waals surface area (Å²) in [4.78, 5) is 15.9. The lowest BCUT2D eigenvalue weighted by molar-refractivity contribution is -0.121. The van der Waals surface area contributed by atoms with E-state index in [0.717, 1.165) is 38.1 Å². The first-order chi connectivity index (χ1) is 12.1. The molecule has 27 heavy (non-hydrogen) atoms. The van der Waals surface area contributed by atoms with Crippen LogP contribution >= 0.6 is 24.8 Å². The summed E-state index contributed by atoms with van der Waals surface area (Å²) in [5.41, 5.74) is 0.148. The quantitative estimate of drug-likeness (QED) is 0.717. The highest BCUT2D eigenvalue weighted by molar-refractivity contribution is 5.85. The third-order valence-electron chi connectivity index (χ3n) is 4.35. The number of benzene rings is 1. The maximum absolute atomic E-state index is 13.7. The largest absolute Gasteiger partial charge is 0.441 e. The smallest absolute Gasteiger partial charge is 0.220 e. The number of hydrogen-bond acceptors (Lipinski definition) is 4. The minimum atomic E-state index is -0.707. The van der Waals surface area contributed by atoms with E-state index in [4.69, 9.17) is 4.42 Å². The third kappa shape index (κ3) is 6.75. The Balaban J connectivity index is 0.00000182. The standard InChI is InChI=1S/C18H21F2N3O2.2ClH/c19-13-1-2-14(15(20)9-13)16-11-23-18(25-16)4-3-17(24)22-8-6-12-5-7-21-10-12;;/h1-2,9,11-12,21H,3-8,10H2,(H,22,24);2*1H. The number of oxazole rings is 1. The van der Waals surface area contributed by atoms with Crippen LogP contribution in [0.2, 0.25) is 0 Å². The SMILES string of the molecule is Cl.Cl.O=C(CCc1ncc(-c2ccc(F)cc2F)o1)NCCC1CCNC1. The molecule has 1 amide bonds. The first-order valence-electron chi connectivity index (χ1n) is 8.49. The summed E-state index contributed by atoms with van der Waals surface area (Å²) in [6, 6.07) is 3.26. The average molecular weight is 422 g/mol. The van der Waals surface area contributed by atoms with E-state index in [0.29, 0.717) is 24.8 Å². The summed E-state index contributed by atoms with van der Waals surface area (Å²) in [6.07, 6.45) is 4.12. The van der Waals surface area contributed by atoms with Gasteiger partial charge in [0, 0.05) is 25.5 Å². The van der Waals surface area contributed by atoms with Crippen LogP contribution in [0, 0.1) is 17.6 Å². The van der Waals surface area contributed by atoms with Gasteiger partial charge in [-0.05, 0) is 44.0 Å². The van der Waals surface area contributed by atoms with Crippen molar-refractivity contribution in [3.05, 3.63) is 41.9 Å². The number of carbonyl (C=O) groups excluding carboxylic acids is 1. The molecule has 150 valence electrons. The van der Waals surface area contributed by atoms with Gasteiger partial charge in [-0.25, -0.2) is 13.8 Å². The van der Waals surface area contributed by atoms with Crippen LogP contribution in [0.1, 0.15) is 25.2 Å². The number of aromatic nitrogens is 1. The Hall–Kier alpha value is -1.70. The number of nitrogens with one attached hydrogen (secondary N) is 2. The number of rotatable bonds is 7. The van der Waals surface area contributed by atoms with Crippen LogP contribution in [0.15, 0.2) is 28.8 Å². The lowest BCUT2D eigenvalue weighted by atomic mass is 10.1. The number of aryl methyl sites for hydroxylation is 1. The molecule has 9 heteroatoms. The molecule has 1 unspecified atom stereocenters. The summed E-state index contributed by atoms with van der Waals surface area (Å²) >= 11 is 0. The molecule has 1 atom stereocenters. The second kappa shape index (κ2) is 11.2. The second-order valence-electron chi connectivity index (χ2n) is 6.24. The molecule has 0 radical (unpaired) electrons. The van der Waals surface area contributed by atoms with Crippen LogP contribution in [0.5, 0.6) is 0 Å². The van der Waals surface area contributed by atoms with Gasteiger partial charge in [0.05, 0.1) is 11.8 Å². The Bertz CT molecular complexity index is 737. The molecule has 3 rings (SSSR count). The van der Waals surface area contributed by atoms with Gasteiger partial charge in [0.1, 0.15) is 11.6 Å². The van der Waals surface area contributed by atoms with Gasteiger partial charge in [0.2, 0.25) is 5.91 Å². The molecule has 0 bridgehead atoms. The highest BCUT2D eigenvalue weighted by atomic mass is 35.5. The van der Waals surface area contributed by atoms with Crippen molar-refractivity contribution in [3.63, 3.8) is 0 Å². The van der Waals surface area contributed by atoms with Gasteiger partial charge < -0.3 is 15.1 Å². The molecule has 2 heterocycles. The van der Waals surface area contributed by atoms with E-state index >= 15 is 0 Å². The van der Waals surface area contributed by atoms with Crippen molar-refractivity contribution in [1.82, 2.24) is 15.6 Å². The Kier molecular flexibility index (Phi) is 9.69. The minimum Gasteiger partial charge on any atom is -0.441 e. The van der Waals surface area contributed by atoms with E-state index in [1.54, 1.807) is 0 Å². The maximum Gasteiger partial charge on any atom is 0.220 e. The first-order valence-corrected chi connectivity index (χ1v) is 8.49. The Morgan fingerprint density at radius 1 is 1.33 bits per heavy atom. The van der Waals surface area contributed by atoms with Crippen LogP contribution in [0.3, 0.4) is 0 Å². The lowest BCUT2D eigenvalue weighted by Gasteiger charge is -2.08. The number of amides is 1. The molecule has 2 N–H and O–H groups in total. The summed E-state index contributed by atoms with van der Waals surface area (Å²) in [5, 5.41) is 6.19. The first kappa shape index (κ1) is 23.3. The van der Waals surface area contributed by atoms with Crippen molar-refractivity contribution >= 4 is 30.7 Å². The molecule has 1 fully saturated rings. The van der Waals surface area contributed by atoms with Gasteiger partial charge in [-0.2, -0.15) is 0 Å². The highest BCUT2D eigenvalue weighted by Crippen LogP contribution is 2.24. The lowest BCUT2D eigenvalue weighted by Crippen LogP contribution is -2.26. The molecule has 1 saturated heterocycles. The van der Waals surface area contributed by atoms with Gasteiger partial charge >= 0.3 is 0 Å². The van der Waals surface area contributed by atoms with E-state index in [1.165, 1.54) is 12.3 Å². The number of hydrogen-bond donors (Lipinski definition) is 2. The molecular weight excluding hydrogens is 399 g/mol. The number of nitrogens with zero attached hydrogens (tertiary/aromatic N) is 1. The zero-order valence-electron chi connectivity index (χ0n) is 14.7.